The fourth-order valence-corrected chi connectivity index (χ4v) is 4.45. The number of carbonyl (C=O) groups excluding carboxylic acids is 2. The highest BCUT2D eigenvalue weighted by Gasteiger charge is 2.41. The van der Waals surface area contributed by atoms with Gasteiger partial charge in [0.15, 0.2) is 5.67 Å². The second-order valence-corrected chi connectivity index (χ2v) is 9.81. The minimum atomic E-state index is -1.47. The van der Waals surface area contributed by atoms with E-state index >= 15 is 4.39 Å². The Balaban J connectivity index is 1.57. The molecule has 0 bridgehead atoms. The van der Waals surface area contributed by atoms with Gasteiger partial charge in [-0.15, -0.1) is 0 Å². The molecule has 3 rings (SSSR count). The van der Waals surface area contributed by atoms with Gasteiger partial charge in [0.1, 0.15) is 5.60 Å². The van der Waals surface area contributed by atoms with E-state index in [1.54, 1.807) is 34.2 Å². The molecule has 2 aliphatic heterocycles. The third-order valence-corrected chi connectivity index (χ3v) is 6.25. The van der Waals surface area contributed by atoms with E-state index in [1.165, 1.54) is 0 Å². The van der Waals surface area contributed by atoms with E-state index in [0.29, 0.717) is 45.0 Å². The van der Waals surface area contributed by atoms with Gasteiger partial charge in [0.05, 0.1) is 11.7 Å². The van der Waals surface area contributed by atoms with E-state index in [2.05, 4.69) is 16.8 Å². The van der Waals surface area contributed by atoms with Gasteiger partial charge in [-0.05, 0) is 39.3 Å². The Hall–Kier alpha value is -2.22. The monoisotopic (exact) mass is 448 g/mol. The summed E-state index contributed by atoms with van der Waals surface area (Å²) in [6.45, 7) is 10.8. The standard InChI is InChI=1S/C24H37FN4O3/c1-5-8-19(27-15-17-29(18-16-27)22(31)32-23(2,3)4)21(30)28-13-10-24(25,11-14-28)20-9-6-7-12-26-20/h6-7,9,12,19H,5,8,10-11,13-18H2,1-4H3/t19-/m0/s1. The van der Waals surface area contributed by atoms with Crippen molar-refractivity contribution in [2.24, 2.45) is 0 Å². The number of nitrogens with zero attached hydrogens (tertiary/aromatic N) is 4. The van der Waals surface area contributed by atoms with Crippen molar-refractivity contribution in [3.8, 4) is 0 Å². The third kappa shape index (κ3) is 5.97. The highest BCUT2D eigenvalue weighted by Crippen LogP contribution is 2.36. The number of carbonyl (C=O) groups is 2. The van der Waals surface area contributed by atoms with Crippen molar-refractivity contribution in [2.45, 2.75) is 70.7 Å². The zero-order valence-electron chi connectivity index (χ0n) is 19.8. The summed E-state index contributed by atoms with van der Waals surface area (Å²) in [5.74, 6) is 0.0700. The summed E-state index contributed by atoms with van der Waals surface area (Å²) in [6.07, 6.45) is 3.48. The van der Waals surface area contributed by atoms with Gasteiger partial charge in [-0.3, -0.25) is 14.7 Å². The van der Waals surface area contributed by atoms with Crippen LogP contribution < -0.4 is 0 Å². The Bertz CT molecular complexity index is 767. The lowest BCUT2D eigenvalue weighted by Gasteiger charge is -2.42. The average molecular weight is 449 g/mol. The molecular formula is C24H37FN4O3. The smallest absolute Gasteiger partial charge is 0.410 e. The van der Waals surface area contributed by atoms with Crippen LogP contribution in [0.3, 0.4) is 0 Å². The maximum atomic E-state index is 15.4. The number of pyridine rings is 1. The largest absolute Gasteiger partial charge is 0.444 e. The molecule has 0 spiro atoms. The minimum absolute atomic E-state index is 0.0700. The fourth-order valence-electron chi connectivity index (χ4n) is 4.45. The molecule has 0 aromatic carbocycles. The lowest BCUT2D eigenvalue weighted by Crippen LogP contribution is -2.58. The number of rotatable bonds is 5. The molecule has 1 aromatic heterocycles. The Kier molecular flexibility index (Phi) is 7.75. The van der Waals surface area contributed by atoms with E-state index in [-0.39, 0.29) is 30.9 Å². The number of alkyl halides is 1. The maximum absolute atomic E-state index is 15.4. The van der Waals surface area contributed by atoms with Crippen molar-refractivity contribution in [3.63, 3.8) is 0 Å². The molecular weight excluding hydrogens is 411 g/mol. The molecule has 2 aliphatic rings. The zero-order valence-corrected chi connectivity index (χ0v) is 19.8. The molecule has 32 heavy (non-hydrogen) atoms. The van der Waals surface area contributed by atoms with Crippen LogP contribution in [0.5, 0.6) is 0 Å². The molecule has 0 N–H and O–H groups in total. The topological polar surface area (TPSA) is 66.0 Å². The molecule has 1 atom stereocenters. The first-order valence-corrected chi connectivity index (χ1v) is 11.7. The molecule has 0 unspecified atom stereocenters. The van der Waals surface area contributed by atoms with E-state index in [9.17, 15) is 9.59 Å². The average Bonchev–Trinajstić information content (AvgIpc) is 2.77. The Labute approximate surface area is 190 Å². The van der Waals surface area contributed by atoms with Gasteiger partial charge < -0.3 is 14.5 Å². The van der Waals surface area contributed by atoms with Crippen LogP contribution in [0, 0.1) is 0 Å². The fraction of sp³-hybridized carbons (Fsp3) is 0.708. The van der Waals surface area contributed by atoms with E-state index in [0.717, 1.165) is 12.8 Å². The summed E-state index contributed by atoms with van der Waals surface area (Å²) in [5.41, 5.74) is -1.54. The molecule has 0 aliphatic carbocycles. The number of piperidine rings is 1. The van der Waals surface area contributed by atoms with Gasteiger partial charge in [-0.1, -0.05) is 19.4 Å². The van der Waals surface area contributed by atoms with Crippen molar-refractivity contribution in [1.82, 2.24) is 19.7 Å². The lowest BCUT2D eigenvalue weighted by atomic mass is 9.89. The van der Waals surface area contributed by atoms with E-state index < -0.39 is 11.3 Å². The van der Waals surface area contributed by atoms with Crippen molar-refractivity contribution in [1.29, 1.82) is 0 Å². The van der Waals surface area contributed by atoms with Crippen LogP contribution in [0.1, 0.15) is 59.1 Å². The quantitative estimate of drug-likeness (QED) is 0.689. The van der Waals surface area contributed by atoms with E-state index in [1.807, 2.05) is 20.8 Å². The lowest BCUT2D eigenvalue weighted by molar-refractivity contribution is -0.141. The number of hydrogen-bond acceptors (Lipinski definition) is 5. The summed E-state index contributed by atoms with van der Waals surface area (Å²) in [4.78, 5) is 35.6. The first-order valence-electron chi connectivity index (χ1n) is 11.7. The molecule has 1 aromatic rings. The number of hydrogen-bond donors (Lipinski definition) is 0. The number of aromatic nitrogens is 1. The molecule has 2 fully saturated rings. The number of likely N-dealkylation sites (tertiary alicyclic amines) is 1. The number of ether oxygens (including phenoxy) is 1. The van der Waals surface area contributed by atoms with Crippen molar-refractivity contribution in [2.75, 3.05) is 39.3 Å². The second-order valence-electron chi connectivity index (χ2n) is 9.81. The highest BCUT2D eigenvalue weighted by atomic mass is 19.1. The summed E-state index contributed by atoms with van der Waals surface area (Å²) in [6, 6.07) is 5.07. The summed E-state index contributed by atoms with van der Waals surface area (Å²) in [5, 5.41) is 0. The Morgan fingerprint density at radius 1 is 1.09 bits per heavy atom. The molecule has 0 saturated carbocycles. The van der Waals surface area contributed by atoms with Crippen LogP contribution in [0.25, 0.3) is 0 Å². The predicted octanol–water partition coefficient (Wildman–Crippen LogP) is 3.59. The normalized spacial score (nSPS) is 20.7. The SMILES string of the molecule is CCC[C@@H](C(=O)N1CCC(F)(c2ccccn2)CC1)N1CCN(C(=O)OC(C)(C)C)CC1. The van der Waals surface area contributed by atoms with Crippen LogP contribution in [0.15, 0.2) is 24.4 Å². The molecule has 3 heterocycles. The van der Waals surface area contributed by atoms with Gasteiger partial charge in [0.2, 0.25) is 5.91 Å². The van der Waals surface area contributed by atoms with Crippen LogP contribution in [0.2, 0.25) is 0 Å². The number of amides is 2. The Morgan fingerprint density at radius 3 is 2.28 bits per heavy atom. The van der Waals surface area contributed by atoms with Crippen LogP contribution in [0.4, 0.5) is 9.18 Å². The summed E-state index contributed by atoms with van der Waals surface area (Å²) >= 11 is 0. The Morgan fingerprint density at radius 2 is 1.75 bits per heavy atom. The van der Waals surface area contributed by atoms with Crippen molar-refractivity contribution >= 4 is 12.0 Å². The van der Waals surface area contributed by atoms with Crippen LogP contribution in [-0.2, 0) is 15.2 Å². The molecule has 7 nitrogen and oxygen atoms in total. The zero-order chi connectivity index (χ0) is 23.4. The van der Waals surface area contributed by atoms with Crippen molar-refractivity contribution in [3.05, 3.63) is 30.1 Å². The first-order chi connectivity index (χ1) is 15.1. The van der Waals surface area contributed by atoms with Gasteiger partial charge in [-0.2, -0.15) is 0 Å². The third-order valence-electron chi connectivity index (χ3n) is 6.25. The van der Waals surface area contributed by atoms with Crippen molar-refractivity contribution < 1.29 is 18.7 Å². The van der Waals surface area contributed by atoms with Crippen LogP contribution in [-0.4, -0.2) is 82.6 Å². The van der Waals surface area contributed by atoms with Gasteiger partial charge in [0.25, 0.3) is 0 Å². The maximum Gasteiger partial charge on any atom is 0.410 e. The van der Waals surface area contributed by atoms with Crippen LogP contribution >= 0.6 is 0 Å². The minimum Gasteiger partial charge on any atom is -0.444 e. The molecule has 2 amide bonds. The highest BCUT2D eigenvalue weighted by molar-refractivity contribution is 5.82. The molecule has 8 heteroatoms. The van der Waals surface area contributed by atoms with Gasteiger partial charge in [-0.25, -0.2) is 9.18 Å². The number of piperazine rings is 1. The first kappa shape index (κ1) is 24.4. The van der Waals surface area contributed by atoms with Gasteiger partial charge in [0, 0.05) is 58.3 Å². The molecule has 178 valence electrons. The molecule has 2 saturated heterocycles. The second kappa shape index (κ2) is 10.1. The summed E-state index contributed by atoms with van der Waals surface area (Å²) < 4.78 is 20.9. The summed E-state index contributed by atoms with van der Waals surface area (Å²) in [7, 11) is 0. The molecule has 0 radical (unpaired) electrons. The number of halogens is 1. The predicted molar refractivity (Wildman–Crippen MR) is 121 cm³/mol. The van der Waals surface area contributed by atoms with Gasteiger partial charge >= 0.3 is 6.09 Å². The van der Waals surface area contributed by atoms with E-state index in [4.69, 9.17) is 4.74 Å².